The number of nitrogens with two attached hydrogens (primary N) is 1. The molecule has 1 aromatic heterocycles. The zero-order valence-electron chi connectivity index (χ0n) is 11.9. The number of rotatable bonds is 7. The van der Waals surface area contributed by atoms with Gasteiger partial charge in [-0.3, -0.25) is 4.79 Å². The Bertz CT molecular complexity index is 483. The highest BCUT2D eigenvalue weighted by Crippen LogP contribution is 2.48. The van der Waals surface area contributed by atoms with Gasteiger partial charge in [-0.15, -0.1) is 0 Å². The van der Waals surface area contributed by atoms with Crippen LogP contribution >= 0.6 is 11.3 Å². The van der Waals surface area contributed by atoms with Crippen LogP contribution in [0.1, 0.15) is 42.8 Å². The van der Waals surface area contributed by atoms with Crippen LogP contribution in [0.3, 0.4) is 0 Å². The van der Waals surface area contributed by atoms with Crippen molar-refractivity contribution in [2.45, 2.75) is 39.2 Å². The summed E-state index contributed by atoms with van der Waals surface area (Å²) in [6.07, 6.45) is 2.87. The molecule has 7 heteroatoms. The van der Waals surface area contributed by atoms with Gasteiger partial charge in [0.1, 0.15) is 10.7 Å². The normalized spacial score (nSPS) is 16.2. The highest BCUT2D eigenvalue weighted by Gasteiger charge is 2.42. The fourth-order valence-electron chi connectivity index (χ4n) is 2.08. The molecule has 1 amide bonds. The summed E-state index contributed by atoms with van der Waals surface area (Å²) in [5.41, 5.74) is 5.89. The Kier molecular flexibility index (Phi) is 4.49. The predicted molar refractivity (Wildman–Crippen MR) is 81.0 cm³/mol. The summed E-state index contributed by atoms with van der Waals surface area (Å²) >= 11 is 1.27. The Balaban J connectivity index is 1.94. The summed E-state index contributed by atoms with van der Waals surface area (Å²) < 4.78 is 0. The van der Waals surface area contributed by atoms with E-state index in [9.17, 15) is 4.79 Å². The number of aromatic nitrogens is 1. The summed E-state index contributed by atoms with van der Waals surface area (Å²) in [5.74, 6) is 0.0867. The first-order chi connectivity index (χ1) is 9.46. The van der Waals surface area contributed by atoms with Crippen molar-refractivity contribution in [3.05, 3.63) is 4.88 Å². The second-order valence-corrected chi connectivity index (χ2v) is 6.69. The minimum Gasteiger partial charge on any atom is -0.396 e. The Morgan fingerprint density at radius 2 is 2.25 bits per heavy atom. The molecular formula is C13H22N4O2S. The maximum absolute atomic E-state index is 12.1. The van der Waals surface area contributed by atoms with E-state index < -0.39 is 0 Å². The van der Waals surface area contributed by atoms with Crippen LogP contribution in [-0.2, 0) is 0 Å². The molecular weight excluding hydrogens is 276 g/mol. The van der Waals surface area contributed by atoms with E-state index in [0.717, 1.165) is 19.3 Å². The van der Waals surface area contributed by atoms with Gasteiger partial charge in [0.2, 0.25) is 0 Å². The van der Waals surface area contributed by atoms with Gasteiger partial charge in [-0.05, 0) is 38.5 Å². The molecule has 0 radical (unpaired) electrons. The third kappa shape index (κ3) is 3.61. The van der Waals surface area contributed by atoms with Crippen molar-refractivity contribution < 1.29 is 9.90 Å². The molecule has 1 heterocycles. The molecule has 0 aliphatic heterocycles. The Morgan fingerprint density at radius 3 is 2.80 bits per heavy atom. The van der Waals surface area contributed by atoms with Gasteiger partial charge in [-0.1, -0.05) is 11.3 Å². The fourth-order valence-corrected chi connectivity index (χ4v) is 3.03. The van der Waals surface area contributed by atoms with E-state index in [4.69, 9.17) is 10.8 Å². The van der Waals surface area contributed by atoms with Crippen LogP contribution in [0.5, 0.6) is 0 Å². The standard InChI is InChI=1S/C13H22N4O2S/c1-8(2)16-12-17-10(14)9(20-12)11(19)15-7-13(3-4-13)5-6-18/h8,18H,3-7,14H2,1-2H3,(H,15,19)(H,16,17). The number of hydrogen-bond acceptors (Lipinski definition) is 6. The summed E-state index contributed by atoms with van der Waals surface area (Å²) in [6, 6.07) is 0.246. The number of hydrogen-bond donors (Lipinski definition) is 4. The smallest absolute Gasteiger partial charge is 0.265 e. The monoisotopic (exact) mass is 298 g/mol. The highest BCUT2D eigenvalue weighted by molar-refractivity contribution is 7.18. The molecule has 1 fully saturated rings. The van der Waals surface area contributed by atoms with E-state index in [0.29, 0.717) is 16.6 Å². The van der Waals surface area contributed by atoms with E-state index in [1.54, 1.807) is 0 Å². The third-order valence-corrected chi connectivity index (χ3v) is 4.50. The molecule has 2 rings (SSSR count). The second-order valence-electron chi connectivity index (χ2n) is 5.69. The lowest BCUT2D eigenvalue weighted by molar-refractivity contribution is 0.0945. The zero-order chi connectivity index (χ0) is 14.8. The number of amides is 1. The predicted octanol–water partition coefficient (Wildman–Crippen LogP) is 1.44. The molecule has 112 valence electrons. The number of thiazole rings is 1. The minimum atomic E-state index is -0.180. The lowest BCUT2D eigenvalue weighted by atomic mass is 10.0. The molecule has 1 saturated carbocycles. The Morgan fingerprint density at radius 1 is 1.55 bits per heavy atom. The van der Waals surface area contributed by atoms with E-state index in [-0.39, 0.29) is 29.8 Å². The molecule has 6 nitrogen and oxygen atoms in total. The van der Waals surface area contributed by atoms with Crippen LogP contribution in [0.25, 0.3) is 0 Å². The number of nitrogen functional groups attached to an aromatic ring is 1. The average molecular weight is 298 g/mol. The van der Waals surface area contributed by atoms with Gasteiger partial charge in [0, 0.05) is 19.2 Å². The van der Waals surface area contributed by atoms with E-state index >= 15 is 0 Å². The van der Waals surface area contributed by atoms with Crippen molar-refractivity contribution >= 4 is 28.2 Å². The molecule has 1 aliphatic carbocycles. The number of anilines is 2. The highest BCUT2D eigenvalue weighted by atomic mass is 32.1. The molecule has 0 saturated heterocycles. The fraction of sp³-hybridized carbons (Fsp3) is 0.692. The average Bonchev–Trinajstić information content (AvgIpc) is 3.03. The molecule has 1 aliphatic rings. The van der Waals surface area contributed by atoms with Crippen LogP contribution in [0, 0.1) is 5.41 Å². The lowest BCUT2D eigenvalue weighted by Gasteiger charge is -2.13. The first-order valence-corrected chi connectivity index (χ1v) is 7.69. The van der Waals surface area contributed by atoms with Crippen LogP contribution < -0.4 is 16.4 Å². The van der Waals surface area contributed by atoms with Gasteiger partial charge in [0.15, 0.2) is 5.13 Å². The first kappa shape index (κ1) is 15.1. The maximum atomic E-state index is 12.1. The quantitative estimate of drug-likeness (QED) is 0.610. The Hall–Kier alpha value is -1.34. The number of nitrogens with zero attached hydrogens (tertiary/aromatic N) is 1. The largest absolute Gasteiger partial charge is 0.396 e. The summed E-state index contributed by atoms with van der Waals surface area (Å²) in [4.78, 5) is 16.7. The van der Waals surface area contributed by atoms with Gasteiger partial charge in [-0.2, -0.15) is 0 Å². The van der Waals surface area contributed by atoms with Gasteiger partial charge in [0.25, 0.3) is 5.91 Å². The summed E-state index contributed by atoms with van der Waals surface area (Å²) in [5, 5.41) is 15.7. The zero-order valence-corrected chi connectivity index (χ0v) is 12.7. The van der Waals surface area contributed by atoms with Gasteiger partial charge in [0.05, 0.1) is 0 Å². The minimum absolute atomic E-state index is 0.100. The number of aliphatic hydroxyl groups excluding tert-OH is 1. The molecule has 0 bridgehead atoms. The molecule has 0 spiro atoms. The topological polar surface area (TPSA) is 100 Å². The van der Waals surface area contributed by atoms with Crippen molar-refractivity contribution in [3.8, 4) is 0 Å². The number of nitrogens with one attached hydrogen (secondary N) is 2. The van der Waals surface area contributed by atoms with Crippen LogP contribution in [0.15, 0.2) is 0 Å². The Labute approximate surface area is 122 Å². The lowest BCUT2D eigenvalue weighted by Crippen LogP contribution is -2.30. The van der Waals surface area contributed by atoms with Crippen molar-refractivity contribution in [2.24, 2.45) is 5.41 Å². The van der Waals surface area contributed by atoms with Crippen LogP contribution in [0.2, 0.25) is 0 Å². The van der Waals surface area contributed by atoms with E-state index in [1.165, 1.54) is 11.3 Å². The molecule has 20 heavy (non-hydrogen) atoms. The molecule has 0 unspecified atom stereocenters. The van der Waals surface area contributed by atoms with Crippen molar-refractivity contribution in [3.63, 3.8) is 0 Å². The van der Waals surface area contributed by atoms with Crippen LogP contribution in [-0.4, -0.2) is 35.2 Å². The SMILES string of the molecule is CC(C)Nc1nc(N)c(C(=O)NCC2(CCO)CC2)s1. The number of carbonyl (C=O) groups is 1. The summed E-state index contributed by atoms with van der Waals surface area (Å²) in [6.45, 7) is 4.77. The summed E-state index contributed by atoms with van der Waals surface area (Å²) in [7, 11) is 0. The first-order valence-electron chi connectivity index (χ1n) is 6.88. The van der Waals surface area contributed by atoms with Gasteiger partial charge >= 0.3 is 0 Å². The van der Waals surface area contributed by atoms with Gasteiger partial charge < -0.3 is 21.5 Å². The third-order valence-electron chi connectivity index (χ3n) is 3.49. The van der Waals surface area contributed by atoms with Crippen molar-refractivity contribution in [1.82, 2.24) is 10.3 Å². The number of carbonyl (C=O) groups excluding carboxylic acids is 1. The van der Waals surface area contributed by atoms with Crippen molar-refractivity contribution in [2.75, 3.05) is 24.2 Å². The van der Waals surface area contributed by atoms with E-state index in [1.807, 2.05) is 13.8 Å². The molecule has 1 aromatic rings. The second kappa shape index (κ2) is 5.97. The van der Waals surface area contributed by atoms with Crippen LogP contribution in [0.4, 0.5) is 10.9 Å². The van der Waals surface area contributed by atoms with E-state index in [2.05, 4.69) is 15.6 Å². The molecule has 0 atom stereocenters. The number of aliphatic hydroxyl groups is 1. The van der Waals surface area contributed by atoms with Crippen molar-refractivity contribution in [1.29, 1.82) is 0 Å². The van der Waals surface area contributed by atoms with Gasteiger partial charge in [-0.25, -0.2) is 4.98 Å². The molecule has 0 aromatic carbocycles. The maximum Gasteiger partial charge on any atom is 0.265 e. The molecule has 5 N–H and O–H groups in total.